The molecule has 0 radical (unpaired) electrons. The molecule has 0 saturated carbocycles. The van der Waals surface area contributed by atoms with Crippen LogP contribution in [-0.4, -0.2) is 24.6 Å². The van der Waals surface area contributed by atoms with Gasteiger partial charge in [-0.05, 0) is 32.1 Å². The maximum absolute atomic E-state index is 11.7. The van der Waals surface area contributed by atoms with Crippen LogP contribution in [0.1, 0.15) is 24.2 Å². The third-order valence-corrected chi connectivity index (χ3v) is 2.09. The van der Waals surface area contributed by atoms with Gasteiger partial charge in [0.2, 0.25) is 0 Å². The summed E-state index contributed by atoms with van der Waals surface area (Å²) in [6.07, 6.45) is 2.26. The first-order valence-corrected chi connectivity index (χ1v) is 5.74. The van der Waals surface area contributed by atoms with Gasteiger partial charge >= 0.3 is 11.9 Å². The van der Waals surface area contributed by atoms with Crippen molar-refractivity contribution in [2.45, 2.75) is 20.0 Å². The van der Waals surface area contributed by atoms with Crippen LogP contribution in [0, 0.1) is 0 Å². The standard InChI is InChI=1S/C14H16O4/c1-3-17-13(15)10-9-11(2)18-14(16)12-7-5-4-6-8-12/h4-11H,3H2,1-2H3/t11-/m0/s1. The normalized spacial score (nSPS) is 12.1. The van der Waals surface area contributed by atoms with Crippen molar-refractivity contribution in [3.63, 3.8) is 0 Å². The minimum absolute atomic E-state index is 0.321. The van der Waals surface area contributed by atoms with Gasteiger partial charge in [-0.2, -0.15) is 0 Å². The summed E-state index contributed by atoms with van der Waals surface area (Å²) in [5, 5.41) is 0. The Balaban J connectivity index is 2.48. The summed E-state index contributed by atoms with van der Waals surface area (Å²) in [7, 11) is 0. The minimum Gasteiger partial charge on any atom is -0.463 e. The van der Waals surface area contributed by atoms with Crippen LogP contribution in [0.15, 0.2) is 42.5 Å². The number of carbonyl (C=O) groups excluding carboxylic acids is 2. The second kappa shape index (κ2) is 7.27. The molecule has 0 heterocycles. The molecule has 0 N–H and O–H groups in total. The van der Waals surface area contributed by atoms with Gasteiger partial charge in [0, 0.05) is 6.08 Å². The zero-order valence-corrected chi connectivity index (χ0v) is 10.5. The summed E-state index contributed by atoms with van der Waals surface area (Å²) < 4.78 is 9.85. The average molecular weight is 248 g/mol. The molecule has 1 atom stereocenters. The van der Waals surface area contributed by atoms with E-state index in [4.69, 9.17) is 9.47 Å². The van der Waals surface area contributed by atoms with Crippen molar-refractivity contribution in [3.05, 3.63) is 48.0 Å². The first-order valence-electron chi connectivity index (χ1n) is 5.74. The molecule has 96 valence electrons. The summed E-state index contributed by atoms with van der Waals surface area (Å²) >= 11 is 0. The second-order valence-electron chi connectivity index (χ2n) is 3.59. The molecule has 0 amide bonds. The average Bonchev–Trinajstić information content (AvgIpc) is 2.38. The second-order valence-corrected chi connectivity index (χ2v) is 3.59. The van der Waals surface area contributed by atoms with Crippen molar-refractivity contribution in [2.75, 3.05) is 6.61 Å². The van der Waals surface area contributed by atoms with E-state index in [1.54, 1.807) is 38.1 Å². The molecule has 0 aliphatic rings. The Morgan fingerprint density at radius 1 is 1.28 bits per heavy atom. The topological polar surface area (TPSA) is 52.6 Å². The van der Waals surface area contributed by atoms with Crippen LogP contribution >= 0.6 is 0 Å². The third-order valence-electron chi connectivity index (χ3n) is 2.09. The van der Waals surface area contributed by atoms with Gasteiger partial charge in [-0.3, -0.25) is 0 Å². The predicted molar refractivity (Wildman–Crippen MR) is 67.1 cm³/mol. The number of ether oxygens (including phenoxy) is 2. The minimum atomic E-state index is -0.484. The van der Waals surface area contributed by atoms with Crippen LogP contribution in [0.5, 0.6) is 0 Å². The number of rotatable bonds is 5. The maximum atomic E-state index is 11.7. The van der Waals surface area contributed by atoms with E-state index >= 15 is 0 Å². The fourth-order valence-corrected chi connectivity index (χ4v) is 1.25. The molecule has 0 spiro atoms. The number of carbonyl (C=O) groups is 2. The predicted octanol–water partition coefficient (Wildman–Crippen LogP) is 2.35. The molecule has 0 bridgehead atoms. The van der Waals surface area contributed by atoms with Crippen LogP contribution in [0.25, 0.3) is 0 Å². The zero-order valence-electron chi connectivity index (χ0n) is 10.5. The van der Waals surface area contributed by atoms with E-state index in [2.05, 4.69) is 0 Å². The first-order chi connectivity index (χ1) is 8.63. The molecule has 0 saturated heterocycles. The Labute approximate surface area is 106 Å². The fraction of sp³-hybridized carbons (Fsp3) is 0.286. The number of esters is 2. The lowest BCUT2D eigenvalue weighted by Crippen LogP contribution is -2.13. The van der Waals surface area contributed by atoms with E-state index in [9.17, 15) is 9.59 Å². The number of hydrogen-bond donors (Lipinski definition) is 0. The van der Waals surface area contributed by atoms with Gasteiger partial charge in [0.05, 0.1) is 12.2 Å². The lowest BCUT2D eigenvalue weighted by atomic mass is 10.2. The Bertz CT molecular complexity index is 423. The van der Waals surface area contributed by atoms with E-state index in [0.717, 1.165) is 0 Å². The monoisotopic (exact) mass is 248 g/mol. The molecule has 0 aliphatic carbocycles. The van der Waals surface area contributed by atoms with Gasteiger partial charge in [-0.1, -0.05) is 18.2 Å². The van der Waals surface area contributed by atoms with Crippen LogP contribution in [0.2, 0.25) is 0 Å². The van der Waals surface area contributed by atoms with Crippen molar-refractivity contribution >= 4 is 11.9 Å². The SMILES string of the molecule is CCOC(=O)C=C[C@H](C)OC(=O)c1ccccc1. The Kier molecular flexibility index (Phi) is 5.64. The number of hydrogen-bond acceptors (Lipinski definition) is 4. The van der Waals surface area contributed by atoms with Crippen LogP contribution in [0.3, 0.4) is 0 Å². The maximum Gasteiger partial charge on any atom is 0.338 e. The molecular formula is C14H16O4. The van der Waals surface area contributed by atoms with Gasteiger partial charge in [0.1, 0.15) is 6.10 Å². The highest BCUT2D eigenvalue weighted by atomic mass is 16.5. The first kappa shape index (κ1) is 14.0. The molecule has 4 nitrogen and oxygen atoms in total. The van der Waals surface area contributed by atoms with Gasteiger partial charge in [0.15, 0.2) is 0 Å². The van der Waals surface area contributed by atoms with E-state index in [1.807, 2.05) is 6.07 Å². The van der Waals surface area contributed by atoms with Gasteiger partial charge in [-0.25, -0.2) is 9.59 Å². The van der Waals surface area contributed by atoms with Crippen molar-refractivity contribution < 1.29 is 19.1 Å². The van der Waals surface area contributed by atoms with Crippen LogP contribution < -0.4 is 0 Å². The third kappa shape index (κ3) is 4.82. The zero-order chi connectivity index (χ0) is 13.4. The molecule has 0 unspecified atom stereocenters. The van der Waals surface area contributed by atoms with Gasteiger partial charge in [-0.15, -0.1) is 0 Å². The van der Waals surface area contributed by atoms with Crippen LogP contribution in [0.4, 0.5) is 0 Å². The molecule has 1 aromatic carbocycles. The summed E-state index contributed by atoms with van der Waals surface area (Å²) in [4.78, 5) is 22.7. The molecule has 18 heavy (non-hydrogen) atoms. The highest BCUT2D eigenvalue weighted by molar-refractivity contribution is 5.89. The smallest absolute Gasteiger partial charge is 0.338 e. The van der Waals surface area contributed by atoms with E-state index < -0.39 is 18.0 Å². The molecule has 0 fully saturated rings. The summed E-state index contributed by atoms with van der Waals surface area (Å²) in [5.41, 5.74) is 0.480. The lowest BCUT2D eigenvalue weighted by Gasteiger charge is -2.08. The molecule has 0 aromatic heterocycles. The Hall–Kier alpha value is -2.10. The summed E-state index contributed by atoms with van der Waals surface area (Å²) in [6, 6.07) is 8.68. The van der Waals surface area contributed by atoms with Gasteiger partial charge in [0.25, 0.3) is 0 Å². The van der Waals surface area contributed by atoms with Crippen LogP contribution in [-0.2, 0) is 14.3 Å². The molecular weight excluding hydrogens is 232 g/mol. The molecule has 1 rings (SSSR count). The fourth-order valence-electron chi connectivity index (χ4n) is 1.25. The molecule has 4 heteroatoms. The largest absolute Gasteiger partial charge is 0.463 e. The Morgan fingerprint density at radius 3 is 2.56 bits per heavy atom. The van der Waals surface area contributed by atoms with E-state index in [1.165, 1.54) is 12.2 Å². The van der Waals surface area contributed by atoms with Gasteiger partial charge < -0.3 is 9.47 Å². The number of benzene rings is 1. The Morgan fingerprint density at radius 2 is 1.94 bits per heavy atom. The van der Waals surface area contributed by atoms with Crippen molar-refractivity contribution in [1.82, 2.24) is 0 Å². The highest BCUT2D eigenvalue weighted by Crippen LogP contribution is 2.04. The summed E-state index contributed by atoms with van der Waals surface area (Å²) in [6.45, 7) is 3.72. The van der Waals surface area contributed by atoms with Crippen molar-refractivity contribution in [2.24, 2.45) is 0 Å². The lowest BCUT2D eigenvalue weighted by molar-refractivity contribution is -0.137. The summed E-state index contributed by atoms with van der Waals surface area (Å²) in [5.74, 6) is -0.864. The van der Waals surface area contributed by atoms with E-state index in [-0.39, 0.29) is 0 Å². The van der Waals surface area contributed by atoms with Crippen molar-refractivity contribution in [1.29, 1.82) is 0 Å². The van der Waals surface area contributed by atoms with Crippen molar-refractivity contribution in [3.8, 4) is 0 Å². The molecule has 0 aliphatic heterocycles. The quantitative estimate of drug-likeness (QED) is 0.593. The highest BCUT2D eigenvalue weighted by Gasteiger charge is 2.09. The van der Waals surface area contributed by atoms with E-state index in [0.29, 0.717) is 12.2 Å². The molecule has 1 aromatic rings.